The van der Waals surface area contributed by atoms with Gasteiger partial charge in [-0.2, -0.15) is 5.10 Å². The molecule has 1 N–H and O–H groups in total. The Balaban J connectivity index is 1.43. The molecule has 1 amide bonds. The van der Waals surface area contributed by atoms with Gasteiger partial charge in [0, 0.05) is 29.3 Å². The zero-order chi connectivity index (χ0) is 28.4. The zero-order valence-corrected chi connectivity index (χ0v) is 23.5. The van der Waals surface area contributed by atoms with Crippen molar-refractivity contribution in [3.63, 3.8) is 0 Å². The molecule has 2 aromatic carbocycles. The largest absolute Gasteiger partial charge is 0.321 e. The van der Waals surface area contributed by atoms with Crippen molar-refractivity contribution < 1.29 is 13.2 Å². The molecule has 206 valence electrons. The summed E-state index contributed by atoms with van der Waals surface area (Å²) in [6, 6.07) is 26.0. The molecule has 0 radical (unpaired) electrons. The number of nitrogens with zero attached hydrogens (tertiary/aromatic N) is 4. The number of pyridine rings is 2. The Hall–Kier alpha value is -4.34. The van der Waals surface area contributed by atoms with Crippen molar-refractivity contribution >= 4 is 33.0 Å². The van der Waals surface area contributed by atoms with E-state index in [1.807, 2.05) is 71.4 Å². The summed E-state index contributed by atoms with van der Waals surface area (Å²) in [5.41, 5.74) is 6.03. The summed E-state index contributed by atoms with van der Waals surface area (Å²) < 4.78 is 26.8. The Morgan fingerprint density at radius 3 is 2.51 bits per heavy atom. The number of halogens is 1. The maximum absolute atomic E-state index is 13.1. The third kappa shape index (κ3) is 5.91. The summed E-state index contributed by atoms with van der Waals surface area (Å²) in [6.45, 7) is 0. The molecule has 5 aromatic rings. The minimum Gasteiger partial charge on any atom is -0.321 e. The van der Waals surface area contributed by atoms with E-state index in [1.165, 1.54) is 6.20 Å². The van der Waals surface area contributed by atoms with Crippen molar-refractivity contribution in [2.24, 2.45) is 0 Å². The Bertz CT molecular complexity index is 1810. The second-order valence-corrected chi connectivity index (χ2v) is 12.6. The molecule has 1 fully saturated rings. The lowest BCUT2D eigenvalue weighted by Crippen LogP contribution is -2.14. The number of rotatable bonds is 7. The van der Waals surface area contributed by atoms with Gasteiger partial charge in [-0.05, 0) is 48.4 Å². The third-order valence-electron chi connectivity index (χ3n) is 7.07. The number of carbonyl (C=O) groups excluding carboxylic acids is 1. The van der Waals surface area contributed by atoms with E-state index < -0.39 is 9.84 Å². The van der Waals surface area contributed by atoms with E-state index in [0.29, 0.717) is 40.6 Å². The SMILES string of the molecule is O=C(Nc1ccc(Cl)nc1)c1cccc(Cc2c(-c3ccccn3)nn(C3CCS(=O)(=O)C3)c2-c2ccccc2)c1. The standard InChI is InChI=1S/C31H26ClN5O3S/c32-28-13-12-24(19-34-28)35-31(38)23-10-6-7-21(17-23)18-26-29(27-11-4-5-15-33-27)36-37(25-14-16-41(39,40)20-25)30(26)22-8-2-1-3-9-22/h1-13,15,17,19,25H,14,16,18,20H2,(H,35,38). The second kappa shape index (κ2) is 11.3. The van der Waals surface area contributed by atoms with Gasteiger partial charge in [-0.25, -0.2) is 13.4 Å². The van der Waals surface area contributed by atoms with Crippen molar-refractivity contribution in [1.82, 2.24) is 19.7 Å². The fourth-order valence-electron chi connectivity index (χ4n) is 5.16. The van der Waals surface area contributed by atoms with Crippen LogP contribution in [0.5, 0.6) is 0 Å². The van der Waals surface area contributed by atoms with Crippen LogP contribution in [-0.2, 0) is 16.3 Å². The van der Waals surface area contributed by atoms with Gasteiger partial charge >= 0.3 is 0 Å². The fourth-order valence-corrected chi connectivity index (χ4v) is 6.96. The highest BCUT2D eigenvalue weighted by Gasteiger charge is 2.33. The summed E-state index contributed by atoms with van der Waals surface area (Å²) in [5.74, 6) is -0.0819. The number of benzene rings is 2. The summed E-state index contributed by atoms with van der Waals surface area (Å²) in [5, 5.41) is 8.22. The summed E-state index contributed by atoms with van der Waals surface area (Å²) in [6.07, 6.45) is 4.18. The van der Waals surface area contributed by atoms with Gasteiger partial charge in [0.25, 0.3) is 5.91 Å². The summed E-state index contributed by atoms with van der Waals surface area (Å²) in [4.78, 5) is 21.7. The molecule has 0 spiro atoms. The van der Waals surface area contributed by atoms with E-state index in [1.54, 1.807) is 24.4 Å². The molecular formula is C31H26ClN5O3S. The van der Waals surface area contributed by atoms with Crippen LogP contribution >= 0.6 is 11.6 Å². The van der Waals surface area contributed by atoms with Crippen molar-refractivity contribution in [3.8, 4) is 22.6 Å². The average molecular weight is 584 g/mol. The lowest BCUT2D eigenvalue weighted by Gasteiger charge is -2.15. The first-order chi connectivity index (χ1) is 19.9. The predicted octanol–water partition coefficient (Wildman–Crippen LogP) is 5.86. The van der Waals surface area contributed by atoms with Crippen molar-refractivity contribution in [2.45, 2.75) is 18.9 Å². The molecule has 1 unspecified atom stereocenters. The molecule has 6 rings (SSSR count). The number of amides is 1. The Labute approximate surface area is 243 Å². The third-order valence-corrected chi connectivity index (χ3v) is 9.05. The quantitative estimate of drug-likeness (QED) is 0.240. The highest BCUT2D eigenvalue weighted by atomic mass is 35.5. The molecule has 3 aromatic heterocycles. The smallest absolute Gasteiger partial charge is 0.255 e. The molecule has 4 heterocycles. The van der Waals surface area contributed by atoms with Crippen LogP contribution in [0.25, 0.3) is 22.6 Å². The first-order valence-electron chi connectivity index (χ1n) is 13.2. The second-order valence-electron chi connectivity index (χ2n) is 9.96. The Kier molecular flexibility index (Phi) is 7.38. The molecular weight excluding hydrogens is 558 g/mol. The Morgan fingerprint density at radius 2 is 1.80 bits per heavy atom. The minimum absolute atomic E-state index is 0.0465. The lowest BCUT2D eigenvalue weighted by molar-refractivity contribution is 0.102. The van der Waals surface area contributed by atoms with Gasteiger partial charge in [0.15, 0.2) is 9.84 Å². The van der Waals surface area contributed by atoms with Crippen LogP contribution in [0.1, 0.15) is 33.9 Å². The molecule has 1 saturated heterocycles. The number of carbonyl (C=O) groups is 1. The van der Waals surface area contributed by atoms with Crippen LogP contribution in [0, 0.1) is 0 Å². The number of hydrogen-bond donors (Lipinski definition) is 1. The van der Waals surface area contributed by atoms with Crippen LogP contribution in [-0.4, -0.2) is 45.6 Å². The zero-order valence-electron chi connectivity index (χ0n) is 21.9. The maximum atomic E-state index is 13.1. The first kappa shape index (κ1) is 26.9. The molecule has 1 atom stereocenters. The normalized spacial score (nSPS) is 16.0. The molecule has 0 bridgehead atoms. The topological polar surface area (TPSA) is 107 Å². The minimum atomic E-state index is -3.15. The lowest BCUT2D eigenvalue weighted by atomic mass is 9.96. The van der Waals surface area contributed by atoms with E-state index in [2.05, 4.69) is 15.3 Å². The van der Waals surface area contributed by atoms with Crippen LogP contribution < -0.4 is 5.32 Å². The molecule has 10 heteroatoms. The van der Waals surface area contributed by atoms with Crippen LogP contribution in [0.4, 0.5) is 5.69 Å². The molecule has 1 aliphatic rings. The molecule has 41 heavy (non-hydrogen) atoms. The number of anilines is 1. The van der Waals surface area contributed by atoms with Crippen LogP contribution in [0.2, 0.25) is 5.15 Å². The van der Waals surface area contributed by atoms with Crippen LogP contribution in [0.15, 0.2) is 97.3 Å². The number of aromatic nitrogens is 4. The highest BCUT2D eigenvalue weighted by molar-refractivity contribution is 7.91. The highest BCUT2D eigenvalue weighted by Crippen LogP contribution is 2.37. The molecule has 8 nitrogen and oxygen atoms in total. The van der Waals surface area contributed by atoms with Gasteiger partial charge in [0.2, 0.25) is 0 Å². The van der Waals surface area contributed by atoms with Gasteiger partial charge in [0.05, 0.1) is 40.8 Å². The van der Waals surface area contributed by atoms with Gasteiger partial charge < -0.3 is 5.32 Å². The van der Waals surface area contributed by atoms with Crippen molar-refractivity contribution in [3.05, 3.63) is 119 Å². The summed E-state index contributed by atoms with van der Waals surface area (Å²) in [7, 11) is -3.15. The fraction of sp³-hybridized carbons (Fsp3) is 0.161. The maximum Gasteiger partial charge on any atom is 0.255 e. The van der Waals surface area contributed by atoms with Gasteiger partial charge in [-0.3, -0.25) is 14.5 Å². The van der Waals surface area contributed by atoms with Gasteiger partial charge in [-0.1, -0.05) is 60.1 Å². The van der Waals surface area contributed by atoms with E-state index in [0.717, 1.165) is 22.4 Å². The summed E-state index contributed by atoms with van der Waals surface area (Å²) >= 11 is 5.87. The number of sulfone groups is 1. The molecule has 0 aliphatic carbocycles. The van der Waals surface area contributed by atoms with Gasteiger partial charge in [0.1, 0.15) is 10.8 Å². The number of nitrogens with one attached hydrogen (secondary N) is 1. The molecule has 1 aliphatic heterocycles. The van der Waals surface area contributed by atoms with E-state index in [9.17, 15) is 13.2 Å². The monoisotopic (exact) mass is 583 g/mol. The van der Waals surface area contributed by atoms with Crippen molar-refractivity contribution in [1.29, 1.82) is 0 Å². The first-order valence-corrected chi connectivity index (χ1v) is 15.4. The molecule has 0 saturated carbocycles. The Morgan fingerprint density at radius 1 is 0.976 bits per heavy atom. The average Bonchev–Trinajstić information content (AvgIpc) is 3.55. The predicted molar refractivity (Wildman–Crippen MR) is 160 cm³/mol. The number of hydrogen-bond acceptors (Lipinski definition) is 6. The van der Waals surface area contributed by atoms with Crippen LogP contribution in [0.3, 0.4) is 0 Å². The van der Waals surface area contributed by atoms with Crippen molar-refractivity contribution in [2.75, 3.05) is 16.8 Å². The van der Waals surface area contributed by atoms with E-state index in [4.69, 9.17) is 16.7 Å². The van der Waals surface area contributed by atoms with E-state index >= 15 is 0 Å². The van der Waals surface area contributed by atoms with E-state index in [-0.39, 0.29) is 23.5 Å². The van der Waals surface area contributed by atoms with Gasteiger partial charge in [-0.15, -0.1) is 0 Å².